The van der Waals surface area contributed by atoms with E-state index in [2.05, 4.69) is 15.9 Å². The third-order valence-corrected chi connectivity index (χ3v) is 2.95. The SMILES string of the molecule is Nc1ccc(Oc2ccccc2[N+](=O)[O-])cc1Br. The number of anilines is 1. The van der Waals surface area contributed by atoms with E-state index in [9.17, 15) is 10.1 Å². The predicted octanol–water partition coefficient (Wildman–Crippen LogP) is 3.73. The van der Waals surface area contributed by atoms with Crippen molar-refractivity contribution in [3.8, 4) is 11.5 Å². The van der Waals surface area contributed by atoms with Crippen LogP contribution in [0.15, 0.2) is 46.9 Å². The van der Waals surface area contributed by atoms with Gasteiger partial charge in [-0.25, -0.2) is 0 Å². The summed E-state index contributed by atoms with van der Waals surface area (Å²) in [6.45, 7) is 0. The van der Waals surface area contributed by atoms with Crippen LogP contribution in [0.3, 0.4) is 0 Å². The van der Waals surface area contributed by atoms with E-state index in [4.69, 9.17) is 10.5 Å². The van der Waals surface area contributed by atoms with Crippen molar-refractivity contribution in [3.05, 3.63) is 57.1 Å². The van der Waals surface area contributed by atoms with Gasteiger partial charge in [0.25, 0.3) is 0 Å². The highest BCUT2D eigenvalue weighted by Gasteiger charge is 2.14. The van der Waals surface area contributed by atoms with E-state index >= 15 is 0 Å². The molecule has 2 aromatic carbocycles. The Hall–Kier alpha value is -2.08. The number of hydrogen-bond acceptors (Lipinski definition) is 4. The summed E-state index contributed by atoms with van der Waals surface area (Å²) in [7, 11) is 0. The maximum absolute atomic E-state index is 10.8. The topological polar surface area (TPSA) is 78.4 Å². The third kappa shape index (κ3) is 2.60. The van der Waals surface area contributed by atoms with Crippen LogP contribution in [0.1, 0.15) is 0 Å². The van der Waals surface area contributed by atoms with Crippen molar-refractivity contribution in [1.82, 2.24) is 0 Å². The van der Waals surface area contributed by atoms with E-state index in [-0.39, 0.29) is 11.4 Å². The Balaban J connectivity index is 2.34. The molecule has 0 atom stereocenters. The van der Waals surface area contributed by atoms with Gasteiger partial charge in [-0.15, -0.1) is 0 Å². The summed E-state index contributed by atoms with van der Waals surface area (Å²) in [5, 5.41) is 10.8. The number of nitrogen functional groups attached to an aromatic ring is 1. The maximum Gasteiger partial charge on any atom is 0.311 e. The average molecular weight is 309 g/mol. The van der Waals surface area contributed by atoms with Crippen molar-refractivity contribution in [3.63, 3.8) is 0 Å². The largest absolute Gasteiger partial charge is 0.450 e. The summed E-state index contributed by atoms with van der Waals surface area (Å²) in [4.78, 5) is 10.3. The number of ether oxygens (including phenoxy) is 1. The molecule has 5 nitrogen and oxygen atoms in total. The number of nitrogens with zero attached hydrogens (tertiary/aromatic N) is 1. The van der Waals surface area contributed by atoms with Gasteiger partial charge in [0, 0.05) is 16.2 Å². The van der Waals surface area contributed by atoms with Crippen molar-refractivity contribution >= 4 is 27.3 Å². The fourth-order valence-corrected chi connectivity index (χ4v) is 1.75. The molecule has 0 aliphatic rings. The highest BCUT2D eigenvalue weighted by atomic mass is 79.9. The highest BCUT2D eigenvalue weighted by Crippen LogP contribution is 2.33. The smallest absolute Gasteiger partial charge is 0.311 e. The molecule has 2 rings (SSSR count). The Morgan fingerprint density at radius 2 is 1.94 bits per heavy atom. The van der Waals surface area contributed by atoms with Gasteiger partial charge in [-0.05, 0) is 40.2 Å². The van der Waals surface area contributed by atoms with Gasteiger partial charge >= 0.3 is 5.69 Å². The zero-order valence-electron chi connectivity index (χ0n) is 9.17. The molecule has 0 saturated carbocycles. The average Bonchev–Trinajstić information content (AvgIpc) is 2.34. The second-order valence-corrected chi connectivity index (χ2v) is 4.36. The zero-order chi connectivity index (χ0) is 13.1. The molecule has 6 heteroatoms. The van der Waals surface area contributed by atoms with E-state index in [0.29, 0.717) is 15.9 Å². The highest BCUT2D eigenvalue weighted by molar-refractivity contribution is 9.10. The first-order valence-electron chi connectivity index (χ1n) is 5.04. The molecule has 0 aliphatic heterocycles. The third-order valence-electron chi connectivity index (χ3n) is 2.26. The van der Waals surface area contributed by atoms with E-state index in [1.165, 1.54) is 6.07 Å². The molecule has 0 aliphatic carbocycles. The summed E-state index contributed by atoms with van der Waals surface area (Å²) in [5.74, 6) is 0.671. The monoisotopic (exact) mass is 308 g/mol. The summed E-state index contributed by atoms with van der Waals surface area (Å²) in [6.07, 6.45) is 0. The van der Waals surface area contributed by atoms with Crippen LogP contribution >= 0.6 is 15.9 Å². The van der Waals surface area contributed by atoms with Crippen molar-refractivity contribution in [2.45, 2.75) is 0 Å². The lowest BCUT2D eigenvalue weighted by atomic mass is 10.3. The molecule has 0 bridgehead atoms. The Labute approximate surface area is 111 Å². The second kappa shape index (κ2) is 5.05. The molecule has 0 aromatic heterocycles. The quantitative estimate of drug-likeness (QED) is 0.532. The first kappa shape index (κ1) is 12.4. The van der Waals surface area contributed by atoms with Gasteiger partial charge in [0.05, 0.1) is 4.92 Å². The molecule has 18 heavy (non-hydrogen) atoms. The Bertz CT molecular complexity index is 602. The van der Waals surface area contributed by atoms with Gasteiger partial charge in [-0.2, -0.15) is 0 Å². The Kier molecular flexibility index (Phi) is 3.47. The van der Waals surface area contributed by atoms with Crippen LogP contribution in [-0.4, -0.2) is 4.92 Å². The maximum atomic E-state index is 10.8. The Morgan fingerprint density at radius 3 is 2.61 bits per heavy atom. The number of para-hydroxylation sites is 2. The standard InChI is InChI=1S/C12H9BrN2O3/c13-9-7-8(5-6-10(9)14)18-12-4-2-1-3-11(12)15(16)17/h1-7H,14H2. The number of rotatable bonds is 3. The number of halogens is 1. The second-order valence-electron chi connectivity index (χ2n) is 3.51. The first-order chi connectivity index (χ1) is 8.58. The van der Waals surface area contributed by atoms with Crippen molar-refractivity contribution < 1.29 is 9.66 Å². The molecule has 92 valence electrons. The first-order valence-corrected chi connectivity index (χ1v) is 5.83. The molecule has 2 N–H and O–H groups in total. The van der Waals surface area contributed by atoms with E-state index in [0.717, 1.165) is 0 Å². The molecule has 0 amide bonds. The normalized spacial score (nSPS) is 10.1. The summed E-state index contributed by atoms with van der Waals surface area (Å²) in [5.41, 5.74) is 6.15. The van der Waals surface area contributed by atoms with Gasteiger partial charge in [0.15, 0.2) is 0 Å². The number of benzene rings is 2. The minimum Gasteiger partial charge on any atom is -0.450 e. The van der Waals surface area contributed by atoms with Gasteiger partial charge in [-0.3, -0.25) is 10.1 Å². The fraction of sp³-hybridized carbons (Fsp3) is 0. The van der Waals surface area contributed by atoms with Crippen molar-refractivity contribution in [2.24, 2.45) is 0 Å². The molecule has 0 saturated heterocycles. The van der Waals surface area contributed by atoms with Crippen LogP contribution in [-0.2, 0) is 0 Å². The van der Waals surface area contributed by atoms with Crippen molar-refractivity contribution in [1.29, 1.82) is 0 Å². The summed E-state index contributed by atoms with van der Waals surface area (Å²) >= 11 is 3.27. The minimum absolute atomic E-state index is 0.0783. The lowest BCUT2D eigenvalue weighted by Gasteiger charge is -2.07. The molecular weight excluding hydrogens is 300 g/mol. The number of nitro groups is 1. The summed E-state index contributed by atoms with van der Waals surface area (Å²) in [6, 6.07) is 11.2. The fourth-order valence-electron chi connectivity index (χ4n) is 1.39. The van der Waals surface area contributed by atoms with Crippen LogP contribution < -0.4 is 10.5 Å². The van der Waals surface area contributed by atoms with Crippen molar-refractivity contribution in [2.75, 3.05) is 5.73 Å². The van der Waals surface area contributed by atoms with Gasteiger partial charge in [0.1, 0.15) is 5.75 Å². The van der Waals surface area contributed by atoms with Crippen LogP contribution in [0, 0.1) is 10.1 Å². The lowest BCUT2D eigenvalue weighted by Crippen LogP contribution is -1.93. The van der Waals surface area contributed by atoms with Gasteiger partial charge in [-0.1, -0.05) is 12.1 Å². The molecule has 0 unspecified atom stereocenters. The molecule has 2 aromatic rings. The van der Waals surface area contributed by atoms with Crippen LogP contribution in [0.4, 0.5) is 11.4 Å². The zero-order valence-corrected chi connectivity index (χ0v) is 10.8. The number of nitrogens with two attached hydrogens (primary N) is 1. The molecule has 0 fully saturated rings. The molecule has 0 radical (unpaired) electrons. The van der Waals surface area contributed by atoms with Crippen LogP contribution in [0.5, 0.6) is 11.5 Å². The lowest BCUT2D eigenvalue weighted by molar-refractivity contribution is -0.385. The van der Waals surface area contributed by atoms with Crippen LogP contribution in [0.25, 0.3) is 0 Å². The van der Waals surface area contributed by atoms with Crippen LogP contribution in [0.2, 0.25) is 0 Å². The predicted molar refractivity (Wildman–Crippen MR) is 71.7 cm³/mol. The minimum atomic E-state index is -0.484. The van der Waals surface area contributed by atoms with E-state index in [1.807, 2.05) is 0 Å². The Morgan fingerprint density at radius 1 is 1.22 bits per heavy atom. The number of nitro benzene ring substituents is 1. The molecule has 0 heterocycles. The van der Waals surface area contributed by atoms with Gasteiger partial charge < -0.3 is 10.5 Å². The number of hydrogen-bond donors (Lipinski definition) is 1. The van der Waals surface area contributed by atoms with E-state index < -0.39 is 4.92 Å². The summed E-state index contributed by atoms with van der Waals surface area (Å²) < 4.78 is 6.16. The molecule has 0 spiro atoms. The molecular formula is C12H9BrN2O3. The van der Waals surface area contributed by atoms with Gasteiger partial charge in [0.2, 0.25) is 5.75 Å². The van der Waals surface area contributed by atoms with E-state index in [1.54, 1.807) is 36.4 Å².